The number of benzene rings is 4. The summed E-state index contributed by atoms with van der Waals surface area (Å²) in [6, 6.07) is 25.7. The van der Waals surface area contributed by atoms with Gasteiger partial charge in [-0.15, -0.1) is 0 Å². The lowest BCUT2D eigenvalue weighted by Gasteiger charge is -2.29. The molecule has 0 aliphatic carbocycles. The molecule has 154 valence electrons. The molecule has 0 aromatic heterocycles. The first-order valence-electron chi connectivity index (χ1n) is 9.99. The Kier molecular flexibility index (Phi) is 4.88. The molecule has 0 fully saturated rings. The van der Waals surface area contributed by atoms with E-state index >= 15 is 0 Å². The average molecular weight is 413 g/mol. The van der Waals surface area contributed by atoms with Crippen LogP contribution < -0.4 is 20.7 Å². The predicted octanol–water partition coefficient (Wildman–Crippen LogP) is 5.53. The minimum Gasteiger partial charge on any atom is -0.484 e. The van der Waals surface area contributed by atoms with Crippen molar-refractivity contribution < 1.29 is 13.9 Å². The van der Waals surface area contributed by atoms with Crippen LogP contribution in [0.4, 0.5) is 21.5 Å². The van der Waals surface area contributed by atoms with Crippen LogP contribution in [0.3, 0.4) is 0 Å². The van der Waals surface area contributed by atoms with E-state index in [-0.39, 0.29) is 24.5 Å². The highest BCUT2D eigenvalue weighted by atomic mass is 19.1. The Bertz CT molecular complexity index is 1200. The molecular formula is C25H20FN3O2. The van der Waals surface area contributed by atoms with Crippen molar-refractivity contribution in [2.45, 2.75) is 6.17 Å². The first kappa shape index (κ1) is 18.9. The number of carbonyl (C=O) groups is 1. The summed E-state index contributed by atoms with van der Waals surface area (Å²) in [5, 5.41) is 12.1. The molecule has 1 heterocycles. The topological polar surface area (TPSA) is 62.4 Å². The van der Waals surface area contributed by atoms with Gasteiger partial charge < -0.3 is 20.7 Å². The van der Waals surface area contributed by atoms with Crippen LogP contribution in [-0.2, 0) is 4.79 Å². The number of rotatable bonds is 5. The quantitative estimate of drug-likeness (QED) is 0.402. The Morgan fingerprint density at radius 2 is 1.52 bits per heavy atom. The summed E-state index contributed by atoms with van der Waals surface area (Å²) < 4.78 is 18.5. The zero-order chi connectivity index (χ0) is 21.2. The molecule has 4 aromatic rings. The van der Waals surface area contributed by atoms with Gasteiger partial charge in [-0.25, -0.2) is 4.39 Å². The largest absolute Gasteiger partial charge is 0.484 e. The minimum absolute atomic E-state index is 0.0728. The van der Waals surface area contributed by atoms with Gasteiger partial charge in [0, 0.05) is 22.4 Å². The Morgan fingerprint density at radius 3 is 2.16 bits per heavy atom. The van der Waals surface area contributed by atoms with E-state index < -0.39 is 0 Å². The number of carbonyl (C=O) groups excluding carboxylic acids is 1. The maximum absolute atomic E-state index is 12.9. The standard InChI is InChI=1S/C25H20FN3O2/c26-18-9-11-19(12-10-18)27-23(30)15-31-20-13-7-17(8-14-20)25-28-21-5-1-3-16-4-2-6-22(29-25)24(16)21/h1-14,25,28-29H,15H2,(H,27,30). The summed E-state index contributed by atoms with van der Waals surface area (Å²) >= 11 is 0. The highest BCUT2D eigenvalue weighted by molar-refractivity contribution is 6.04. The number of halogens is 1. The van der Waals surface area contributed by atoms with Gasteiger partial charge in [-0.3, -0.25) is 4.79 Å². The lowest BCUT2D eigenvalue weighted by Crippen LogP contribution is -2.23. The van der Waals surface area contributed by atoms with Crippen molar-refractivity contribution in [2.75, 3.05) is 22.6 Å². The van der Waals surface area contributed by atoms with Crippen LogP contribution in [0.25, 0.3) is 10.8 Å². The van der Waals surface area contributed by atoms with Crippen molar-refractivity contribution in [3.05, 3.63) is 96.3 Å². The van der Waals surface area contributed by atoms with Crippen LogP contribution >= 0.6 is 0 Å². The van der Waals surface area contributed by atoms with Gasteiger partial charge in [0.25, 0.3) is 5.91 Å². The molecule has 1 amide bonds. The second-order valence-corrected chi connectivity index (χ2v) is 7.34. The van der Waals surface area contributed by atoms with E-state index in [1.807, 2.05) is 36.4 Å². The van der Waals surface area contributed by atoms with E-state index in [1.54, 1.807) is 0 Å². The van der Waals surface area contributed by atoms with Crippen molar-refractivity contribution in [2.24, 2.45) is 0 Å². The molecule has 0 bridgehead atoms. The fourth-order valence-electron chi connectivity index (χ4n) is 3.73. The first-order valence-corrected chi connectivity index (χ1v) is 9.99. The SMILES string of the molecule is O=C(COc1ccc(C2Nc3cccc4cccc(c34)N2)cc1)Nc1ccc(F)cc1. The fraction of sp³-hybridized carbons (Fsp3) is 0.0800. The van der Waals surface area contributed by atoms with Crippen LogP contribution in [0.1, 0.15) is 11.7 Å². The molecule has 5 rings (SSSR count). The van der Waals surface area contributed by atoms with Gasteiger partial charge in [0.15, 0.2) is 6.61 Å². The van der Waals surface area contributed by atoms with E-state index in [4.69, 9.17) is 4.74 Å². The molecule has 0 spiro atoms. The van der Waals surface area contributed by atoms with E-state index in [1.165, 1.54) is 35.0 Å². The van der Waals surface area contributed by atoms with Crippen molar-refractivity contribution >= 4 is 33.7 Å². The van der Waals surface area contributed by atoms with E-state index in [2.05, 4.69) is 40.2 Å². The molecule has 0 unspecified atom stereocenters. The highest BCUT2D eigenvalue weighted by Gasteiger charge is 2.20. The van der Waals surface area contributed by atoms with Crippen molar-refractivity contribution in [1.82, 2.24) is 0 Å². The Labute approximate surface area is 178 Å². The Balaban J connectivity index is 1.22. The summed E-state index contributed by atoms with van der Waals surface area (Å²) in [4.78, 5) is 12.0. The third-order valence-electron chi connectivity index (χ3n) is 5.22. The smallest absolute Gasteiger partial charge is 0.262 e. The zero-order valence-corrected chi connectivity index (χ0v) is 16.6. The van der Waals surface area contributed by atoms with Gasteiger partial charge >= 0.3 is 0 Å². The van der Waals surface area contributed by atoms with Crippen molar-refractivity contribution in [3.8, 4) is 5.75 Å². The van der Waals surface area contributed by atoms with E-state index in [9.17, 15) is 9.18 Å². The molecular weight excluding hydrogens is 393 g/mol. The second-order valence-electron chi connectivity index (χ2n) is 7.34. The van der Waals surface area contributed by atoms with Crippen LogP contribution in [0.2, 0.25) is 0 Å². The maximum atomic E-state index is 12.9. The lowest BCUT2D eigenvalue weighted by molar-refractivity contribution is -0.118. The van der Waals surface area contributed by atoms with Crippen molar-refractivity contribution in [3.63, 3.8) is 0 Å². The summed E-state index contributed by atoms with van der Waals surface area (Å²) in [6.45, 7) is -0.133. The monoisotopic (exact) mass is 413 g/mol. The molecule has 3 N–H and O–H groups in total. The van der Waals surface area contributed by atoms with Crippen molar-refractivity contribution in [1.29, 1.82) is 0 Å². The molecule has 31 heavy (non-hydrogen) atoms. The lowest BCUT2D eigenvalue weighted by atomic mass is 10.0. The van der Waals surface area contributed by atoms with Gasteiger partial charge in [-0.1, -0.05) is 36.4 Å². The number of nitrogens with one attached hydrogen (secondary N) is 3. The summed E-state index contributed by atoms with van der Waals surface area (Å²) in [5.74, 6) is -0.0660. The summed E-state index contributed by atoms with van der Waals surface area (Å²) in [6.07, 6.45) is -0.0728. The number of ether oxygens (including phenoxy) is 1. The number of hydrogen-bond acceptors (Lipinski definition) is 4. The van der Waals surface area contributed by atoms with Crippen LogP contribution in [0, 0.1) is 5.82 Å². The molecule has 4 aromatic carbocycles. The summed E-state index contributed by atoms with van der Waals surface area (Å²) in [7, 11) is 0. The molecule has 1 aliphatic rings. The Morgan fingerprint density at radius 1 is 0.871 bits per heavy atom. The van der Waals surface area contributed by atoms with Gasteiger partial charge in [0.05, 0.1) is 0 Å². The highest BCUT2D eigenvalue weighted by Crippen LogP contribution is 2.38. The van der Waals surface area contributed by atoms with Gasteiger partial charge in [-0.2, -0.15) is 0 Å². The average Bonchev–Trinajstić information content (AvgIpc) is 2.80. The van der Waals surface area contributed by atoms with Crippen LogP contribution in [-0.4, -0.2) is 12.5 Å². The van der Waals surface area contributed by atoms with Crippen LogP contribution in [0.15, 0.2) is 84.9 Å². The summed E-state index contributed by atoms with van der Waals surface area (Å²) in [5.41, 5.74) is 3.76. The molecule has 0 saturated carbocycles. The molecule has 6 heteroatoms. The van der Waals surface area contributed by atoms with E-state index in [0.29, 0.717) is 11.4 Å². The number of amides is 1. The number of anilines is 3. The minimum atomic E-state index is -0.351. The number of hydrogen-bond donors (Lipinski definition) is 3. The molecule has 0 atom stereocenters. The Hall–Kier alpha value is -4.06. The van der Waals surface area contributed by atoms with Gasteiger partial charge in [0.1, 0.15) is 17.7 Å². The van der Waals surface area contributed by atoms with Crippen LogP contribution in [0.5, 0.6) is 5.75 Å². The third kappa shape index (κ3) is 4.00. The molecule has 0 saturated heterocycles. The zero-order valence-electron chi connectivity index (χ0n) is 16.6. The molecule has 5 nitrogen and oxygen atoms in total. The normalized spacial score (nSPS) is 12.7. The molecule has 1 aliphatic heterocycles. The maximum Gasteiger partial charge on any atom is 0.262 e. The van der Waals surface area contributed by atoms with E-state index in [0.717, 1.165) is 16.9 Å². The second kappa shape index (κ2) is 7.99. The fourth-order valence-corrected chi connectivity index (χ4v) is 3.73. The van der Waals surface area contributed by atoms with Gasteiger partial charge in [0.2, 0.25) is 0 Å². The third-order valence-corrected chi connectivity index (χ3v) is 5.22. The first-order chi connectivity index (χ1) is 15.2. The molecule has 0 radical (unpaired) electrons. The van der Waals surface area contributed by atoms with Gasteiger partial charge in [-0.05, 0) is 59.5 Å². The predicted molar refractivity (Wildman–Crippen MR) is 121 cm³/mol.